The Balaban J connectivity index is 1.12. The summed E-state index contributed by atoms with van der Waals surface area (Å²) in [6, 6.07) is 62.2. The summed E-state index contributed by atoms with van der Waals surface area (Å²) in [4.78, 5) is 9.32. The van der Waals surface area contributed by atoms with Crippen LogP contribution < -0.4 is 9.80 Å². The van der Waals surface area contributed by atoms with E-state index in [2.05, 4.69) is 135 Å². The number of hydrogen-bond acceptors (Lipinski definition) is 3. The molecule has 0 fully saturated rings. The second kappa shape index (κ2) is 14.6. The van der Waals surface area contributed by atoms with Gasteiger partial charge in [-0.1, -0.05) is 142 Å². The van der Waals surface area contributed by atoms with Gasteiger partial charge in [0.15, 0.2) is 0 Å². The van der Waals surface area contributed by atoms with Gasteiger partial charge in [-0.15, -0.1) is 0 Å². The van der Waals surface area contributed by atoms with Crippen LogP contribution >= 0.6 is 0 Å². The third-order valence-corrected chi connectivity index (χ3v) is 12.6. The minimum atomic E-state index is -3.34. The largest absolute Gasteiger partial charge is 0.321 e. The molecule has 0 saturated carbocycles. The molecule has 4 nitrogen and oxygen atoms in total. The molecule has 0 radical (unpaired) electrons. The number of alkyl halides is 2. The number of aromatic nitrogens is 2. The molecule has 2 aromatic heterocycles. The highest BCUT2D eigenvalue weighted by atomic mass is 19.3. The first kappa shape index (κ1) is 38.2. The van der Waals surface area contributed by atoms with Crippen LogP contribution in [0.15, 0.2) is 194 Å². The molecule has 3 heterocycles. The lowest BCUT2D eigenvalue weighted by Crippen LogP contribution is -2.25. The molecule has 9 aromatic rings. The van der Waals surface area contributed by atoms with E-state index >= 15 is 8.78 Å². The number of fused-ring (bicyclic) bond motifs is 4. The van der Waals surface area contributed by atoms with E-state index in [1.165, 1.54) is 0 Å². The van der Waals surface area contributed by atoms with Gasteiger partial charge in [0, 0.05) is 44.9 Å². The molecule has 0 spiro atoms. The van der Waals surface area contributed by atoms with Crippen LogP contribution in [-0.2, 0) is 16.8 Å². The predicted molar refractivity (Wildman–Crippen MR) is 247 cm³/mol. The van der Waals surface area contributed by atoms with Crippen LogP contribution in [0, 0.1) is 0 Å². The summed E-state index contributed by atoms with van der Waals surface area (Å²) < 4.78 is 37.3. The lowest BCUT2D eigenvalue weighted by Gasteiger charge is -2.32. The minimum absolute atomic E-state index is 0.0470. The van der Waals surface area contributed by atoms with Gasteiger partial charge in [0.05, 0.1) is 22.4 Å². The topological polar surface area (TPSA) is 24.3 Å². The number of anilines is 4. The number of halogens is 2. The Morgan fingerprint density at radius 3 is 1.66 bits per heavy atom. The van der Waals surface area contributed by atoms with E-state index in [0.717, 1.165) is 61.3 Å². The maximum atomic E-state index is 17.6. The van der Waals surface area contributed by atoms with E-state index in [-0.39, 0.29) is 16.5 Å². The van der Waals surface area contributed by atoms with E-state index in [9.17, 15) is 0 Å². The van der Waals surface area contributed by atoms with Crippen molar-refractivity contribution in [2.45, 2.75) is 44.4 Å². The SMILES string of the molecule is CC(C)(C)c1cc(N2CN(c3ccccc3)c3ccccc32)cc(C(F)(F)c2ccc3c4ccccc4n(-c4cc(C(C)(c5ccccc5)c5ccccc5)ccn4)c3c2)c1. The van der Waals surface area contributed by atoms with Crippen LogP contribution in [0.2, 0.25) is 0 Å². The summed E-state index contributed by atoms with van der Waals surface area (Å²) in [6.07, 6.45) is 1.84. The van der Waals surface area contributed by atoms with Crippen molar-refractivity contribution >= 4 is 44.6 Å². The highest BCUT2D eigenvalue weighted by molar-refractivity contribution is 6.09. The van der Waals surface area contributed by atoms with Crippen molar-refractivity contribution in [1.82, 2.24) is 9.55 Å². The molecule has 0 N–H and O–H groups in total. The summed E-state index contributed by atoms with van der Waals surface area (Å²) in [5, 5.41) is 1.86. The van der Waals surface area contributed by atoms with Crippen molar-refractivity contribution in [3.8, 4) is 5.82 Å². The monoisotopic (exact) mass is 800 g/mol. The summed E-state index contributed by atoms with van der Waals surface area (Å²) in [6.45, 7) is 8.96. The van der Waals surface area contributed by atoms with Crippen LogP contribution in [0.1, 0.15) is 61.1 Å². The van der Waals surface area contributed by atoms with Gasteiger partial charge >= 0.3 is 0 Å². The van der Waals surface area contributed by atoms with Crippen LogP contribution in [-0.4, -0.2) is 16.2 Å². The van der Waals surface area contributed by atoms with Crippen molar-refractivity contribution in [1.29, 1.82) is 0 Å². The third-order valence-electron chi connectivity index (χ3n) is 12.6. The Kier molecular flexibility index (Phi) is 9.13. The number of pyridine rings is 1. The Morgan fingerprint density at radius 1 is 0.443 bits per heavy atom. The predicted octanol–water partition coefficient (Wildman–Crippen LogP) is 14.2. The molecule has 6 heteroatoms. The quantitative estimate of drug-likeness (QED) is 0.153. The molecule has 0 atom stereocenters. The van der Waals surface area contributed by atoms with Crippen molar-refractivity contribution in [3.63, 3.8) is 0 Å². The van der Waals surface area contributed by atoms with Gasteiger partial charge in [-0.3, -0.25) is 4.57 Å². The molecule has 1 aliphatic rings. The molecular formula is C55H46F2N4. The highest BCUT2D eigenvalue weighted by Gasteiger charge is 2.38. The highest BCUT2D eigenvalue weighted by Crippen LogP contribution is 2.48. The Hall–Kier alpha value is -7.05. The summed E-state index contributed by atoms with van der Waals surface area (Å²) in [5.74, 6) is -2.67. The molecular weight excluding hydrogens is 755 g/mol. The molecule has 61 heavy (non-hydrogen) atoms. The van der Waals surface area contributed by atoms with E-state index in [4.69, 9.17) is 4.98 Å². The number of para-hydroxylation sites is 4. The fourth-order valence-corrected chi connectivity index (χ4v) is 9.12. The van der Waals surface area contributed by atoms with Crippen LogP contribution in [0.4, 0.5) is 31.5 Å². The molecule has 0 unspecified atom stereocenters. The second-order valence-electron chi connectivity index (χ2n) is 17.3. The number of nitrogens with zero attached hydrogens (tertiary/aromatic N) is 4. The van der Waals surface area contributed by atoms with E-state index in [0.29, 0.717) is 18.0 Å². The summed E-state index contributed by atoms with van der Waals surface area (Å²) >= 11 is 0. The molecule has 300 valence electrons. The smallest absolute Gasteiger partial charge is 0.298 e. The average molecular weight is 801 g/mol. The second-order valence-corrected chi connectivity index (χ2v) is 17.3. The third kappa shape index (κ3) is 6.45. The van der Waals surface area contributed by atoms with E-state index in [1.54, 1.807) is 24.3 Å². The first-order valence-electron chi connectivity index (χ1n) is 20.9. The zero-order chi connectivity index (χ0) is 41.9. The standard InChI is InChI=1S/C55H46F2N4/c1-53(2,3)42-32-43(34-45(33-42)60-37-59(44-22-12-7-13-23-44)49-26-16-17-27-50(49)60)55(56,57)41-28-29-47-46-24-14-15-25-48(46)61(51(47)35-41)52-36-40(30-31-58-52)54(4,38-18-8-5-9-19-38)39-20-10-6-11-21-39/h5-36H,37H2,1-4H3. The van der Waals surface area contributed by atoms with Crippen molar-refractivity contribution in [2.75, 3.05) is 16.5 Å². The van der Waals surface area contributed by atoms with E-state index < -0.39 is 11.3 Å². The lowest BCUT2D eigenvalue weighted by molar-refractivity contribution is 0.0428. The maximum Gasteiger partial charge on any atom is 0.298 e. The molecule has 0 saturated heterocycles. The lowest BCUT2D eigenvalue weighted by atomic mass is 9.71. The van der Waals surface area contributed by atoms with Gasteiger partial charge in [0.1, 0.15) is 12.5 Å². The van der Waals surface area contributed by atoms with Crippen LogP contribution in [0.3, 0.4) is 0 Å². The van der Waals surface area contributed by atoms with Gasteiger partial charge in [0.2, 0.25) is 0 Å². The molecule has 1 aliphatic heterocycles. The Labute approximate surface area is 356 Å². The van der Waals surface area contributed by atoms with Gasteiger partial charge in [0.25, 0.3) is 5.92 Å². The fraction of sp³-hybridized carbons (Fsp3) is 0.145. The van der Waals surface area contributed by atoms with Crippen LogP contribution in [0.5, 0.6) is 0 Å². The Bertz CT molecular complexity index is 3000. The molecule has 0 aliphatic carbocycles. The summed E-state index contributed by atoms with van der Waals surface area (Å²) in [5.41, 5.74) is 8.49. The van der Waals surface area contributed by atoms with Gasteiger partial charge < -0.3 is 9.80 Å². The number of rotatable bonds is 8. The fourth-order valence-electron chi connectivity index (χ4n) is 9.12. The minimum Gasteiger partial charge on any atom is -0.321 e. The number of benzene rings is 7. The van der Waals surface area contributed by atoms with E-state index in [1.807, 2.05) is 77.5 Å². The van der Waals surface area contributed by atoms with Crippen molar-refractivity contribution in [3.05, 3.63) is 228 Å². The molecule has 0 bridgehead atoms. The maximum absolute atomic E-state index is 17.6. The van der Waals surface area contributed by atoms with Gasteiger partial charge in [-0.25, -0.2) is 4.98 Å². The average Bonchev–Trinajstić information content (AvgIpc) is 3.85. The first-order chi connectivity index (χ1) is 29.5. The van der Waals surface area contributed by atoms with Gasteiger partial charge in [-0.05, 0) is 101 Å². The zero-order valence-electron chi connectivity index (χ0n) is 34.7. The van der Waals surface area contributed by atoms with Crippen LogP contribution in [0.25, 0.3) is 27.6 Å². The molecule has 0 amide bonds. The van der Waals surface area contributed by atoms with Gasteiger partial charge in [-0.2, -0.15) is 8.78 Å². The molecule has 10 rings (SSSR count). The normalized spacial score (nSPS) is 13.3. The summed E-state index contributed by atoms with van der Waals surface area (Å²) in [7, 11) is 0. The van der Waals surface area contributed by atoms with Crippen molar-refractivity contribution < 1.29 is 8.78 Å². The Morgan fingerprint density at radius 2 is 1.00 bits per heavy atom. The number of hydrogen-bond donors (Lipinski definition) is 0. The van der Waals surface area contributed by atoms with Crippen molar-refractivity contribution in [2.24, 2.45) is 0 Å². The molecule has 7 aromatic carbocycles. The first-order valence-corrected chi connectivity index (χ1v) is 20.9. The zero-order valence-corrected chi connectivity index (χ0v) is 34.7.